The van der Waals surface area contributed by atoms with Gasteiger partial charge in [-0.3, -0.25) is 0 Å². The Morgan fingerprint density at radius 2 is 2.18 bits per heavy atom. The van der Waals surface area contributed by atoms with Crippen molar-refractivity contribution in [2.75, 3.05) is 0 Å². The molecule has 0 heterocycles. The third kappa shape index (κ3) is 2.01. The number of hydrogen-bond acceptors (Lipinski definition) is 1. The highest BCUT2D eigenvalue weighted by atomic mass is 14.6. The Labute approximate surface area is 135 Å². The molecular weight excluding hydrogens is 266 g/mol. The van der Waals surface area contributed by atoms with Gasteiger partial charge in [0.05, 0.1) is 0 Å². The highest BCUT2D eigenvalue weighted by molar-refractivity contribution is 5.43. The Hall–Kier alpha value is -1.08. The van der Waals surface area contributed by atoms with Crippen molar-refractivity contribution < 1.29 is 0 Å². The fourth-order valence-corrected chi connectivity index (χ4v) is 6.15. The highest BCUT2D eigenvalue weighted by Gasteiger charge is 2.52. The minimum Gasteiger partial charge on any atom is -0.321 e. The quantitative estimate of drug-likeness (QED) is 0.729. The molecule has 22 heavy (non-hydrogen) atoms. The molecule has 4 aliphatic rings. The van der Waals surface area contributed by atoms with Gasteiger partial charge in [-0.25, -0.2) is 0 Å². The van der Waals surface area contributed by atoms with Crippen LogP contribution in [-0.4, -0.2) is 6.04 Å². The van der Waals surface area contributed by atoms with Gasteiger partial charge >= 0.3 is 0 Å². The number of nitrogens with two attached hydrogens (primary N) is 1. The Bertz CT molecular complexity index is 566. The van der Waals surface area contributed by atoms with Crippen molar-refractivity contribution in [2.45, 2.75) is 51.5 Å². The van der Waals surface area contributed by atoms with Gasteiger partial charge in [-0.05, 0) is 66.4 Å². The molecular formula is C21H29N. The van der Waals surface area contributed by atoms with Gasteiger partial charge in [0.2, 0.25) is 0 Å². The summed E-state index contributed by atoms with van der Waals surface area (Å²) in [5.41, 5.74) is 9.92. The maximum Gasteiger partial charge on any atom is 0.0446 e. The van der Waals surface area contributed by atoms with Crippen molar-refractivity contribution in [3.8, 4) is 0 Å². The molecule has 1 nitrogen and oxygen atoms in total. The molecule has 2 fully saturated rings. The van der Waals surface area contributed by atoms with Gasteiger partial charge in [0.15, 0.2) is 0 Å². The minimum absolute atomic E-state index is 0.00832. The van der Waals surface area contributed by atoms with Crippen LogP contribution in [0.5, 0.6) is 0 Å². The molecule has 0 radical (unpaired) electrons. The summed E-state index contributed by atoms with van der Waals surface area (Å²) in [5.74, 6) is 3.18. The SMILES string of the molecule is C=CC(N)C1=CC=CC2=CC[C@@H]3[C@H](CC[C@]4(C)CCC[C@@H]34)[C@H]21. The van der Waals surface area contributed by atoms with Crippen LogP contribution in [0.3, 0.4) is 0 Å². The van der Waals surface area contributed by atoms with E-state index in [2.05, 4.69) is 37.8 Å². The number of allylic oxidation sites excluding steroid dienone is 5. The summed E-state index contributed by atoms with van der Waals surface area (Å²) in [6.45, 7) is 6.49. The predicted molar refractivity (Wildman–Crippen MR) is 93.2 cm³/mol. The molecule has 2 N–H and O–H groups in total. The lowest BCUT2D eigenvalue weighted by atomic mass is 9.53. The molecule has 0 amide bonds. The van der Waals surface area contributed by atoms with Crippen molar-refractivity contribution in [1.29, 1.82) is 0 Å². The second-order valence-corrected chi connectivity index (χ2v) is 8.22. The van der Waals surface area contributed by atoms with E-state index in [0.717, 1.165) is 17.8 Å². The van der Waals surface area contributed by atoms with Crippen LogP contribution in [0.4, 0.5) is 0 Å². The second-order valence-electron chi connectivity index (χ2n) is 8.22. The number of fused-ring (bicyclic) bond motifs is 5. The van der Waals surface area contributed by atoms with Crippen LogP contribution in [0.1, 0.15) is 45.4 Å². The van der Waals surface area contributed by atoms with Crippen LogP contribution in [0, 0.1) is 29.1 Å². The zero-order valence-corrected chi connectivity index (χ0v) is 13.8. The third-order valence-corrected chi connectivity index (χ3v) is 7.26. The van der Waals surface area contributed by atoms with Crippen LogP contribution in [0.15, 0.2) is 48.1 Å². The van der Waals surface area contributed by atoms with E-state index in [9.17, 15) is 0 Å². The summed E-state index contributed by atoms with van der Waals surface area (Å²) in [5, 5.41) is 0. The molecule has 0 aromatic heterocycles. The van der Waals surface area contributed by atoms with E-state index < -0.39 is 0 Å². The summed E-state index contributed by atoms with van der Waals surface area (Å²) in [6, 6.07) is 0.00832. The van der Waals surface area contributed by atoms with E-state index in [0.29, 0.717) is 11.3 Å². The van der Waals surface area contributed by atoms with Gasteiger partial charge < -0.3 is 5.73 Å². The van der Waals surface area contributed by atoms with Crippen LogP contribution >= 0.6 is 0 Å². The second kappa shape index (κ2) is 5.23. The summed E-state index contributed by atoms with van der Waals surface area (Å²) in [6.07, 6.45) is 19.7. The highest BCUT2D eigenvalue weighted by Crippen LogP contribution is 2.61. The minimum atomic E-state index is 0.00832. The number of rotatable bonds is 2. The fourth-order valence-electron chi connectivity index (χ4n) is 6.15. The molecule has 4 aliphatic carbocycles. The standard InChI is InChI=1S/C21H29N/c1-3-19(22)17-7-4-6-14-9-10-15-16(20(14)17)11-13-21(2)12-5-8-18(15)21/h3-4,6-7,9,15-16,18-20H,1,5,8,10-13,22H2,2H3/t15-,16+,18+,19?,20+,21+/m1/s1. The molecule has 0 spiro atoms. The molecule has 0 bridgehead atoms. The van der Waals surface area contributed by atoms with E-state index in [1.165, 1.54) is 49.7 Å². The largest absolute Gasteiger partial charge is 0.321 e. The van der Waals surface area contributed by atoms with E-state index in [-0.39, 0.29) is 6.04 Å². The van der Waals surface area contributed by atoms with E-state index in [1.54, 1.807) is 0 Å². The van der Waals surface area contributed by atoms with E-state index >= 15 is 0 Å². The average molecular weight is 295 g/mol. The molecule has 118 valence electrons. The Morgan fingerprint density at radius 3 is 3.00 bits per heavy atom. The first-order chi connectivity index (χ1) is 10.6. The van der Waals surface area contributed by atoms with Crippen molar-refractivity contribution in [1.82, 2.24) is 0 Å². The topological polar surface area (TPSA) is 26.0 Å². The van der Waals surface area contributed by atoms with Gasteiger partial charge in [0.1, 0.15) is 0 Å². The Morgan fingerprint density at radius 1 is 1.32 bits per heavy atom. The molecule has 1 heteroatoms. The lowest BCUT2D eigenvalue weighted by molar-refractivity contribution is 0.0221. The van der Waals surface area contributed by atoms with E-state index in [1.807, 2.05) is 6.08 Å². The lowest BCUT2D eigenvalue weighted by Crippen LogP contribution is -2.45. The average Bonchev–Trinajstić information content (AvgIpc) is 2.95. The monoisotopic (exact) mass is 295 g/mol. The van der Waals surface area contributed by atoms with Crippen molar-refractivity contribution >= 4 is 0 Å². The van der Waals surface area contributed by atoms with Crippen LogP contribution in [-0.2, 0) is 0 Å². The van der Waals surface area contributed by atoms with Crippen molar-refractivity contribution in [3.05, 3.63) is 48.1 Å². The van der Waals surface area contributed by atoms with Crippen LogP contribution in [0.2, 0.25) is 0 Å². The maximum absolute atomic E-state index is 6.36. The number of hydrogen-bond donors (Lipinski definition) is 1. The molecule has 1 unspecified atom stereocenters. The first kappa shape index (κ1) is 14.5. The normalized spacial score (nSPS) is 44.3. The molecule has 2 saturated carbocycles. The first-order valence-corrected chi connectivity index (χ1v) is 9.10. The zero-order chi connectivity index (χ0) is 15.3. The van der Waals surface area contributed by atoms with Crippen molar-refractivity contribution in [2.24, 2.45) is 34.8 Å². The fraction of sp³-hybridized carbons (Fsp3) is 0.619. The van der Waals surface area contributed by atoms with Crippen molar-refractivity contribution in [3.63, 3.8) is 0 Å². The Kier molecular flexibility index (Phi) is 3.45. The summed E-state index contributed by atoms with van der Waals surface area (Å²) in [4.78, 5) is 0. The molecule has 6 atom stereocenters. The maximum atomic E-state index is 6.36. The smallest absolute Gasteiger partial charge is 0.0446 e. The van der Waals surface area contributed by atoms with Gasteiger partial charge in [-0.2, -0.15) is 0 Å². The van der Waals surface area contributed by atoms with Gasteiger partial charge in [0, 0.05) is 12.0 Å². The van der Waals surface area contributed by atoms with Gasteiger partial charge in [0.25, 0.3) is 0 Å². The zero-order valence-electron chi connectivity index (χ0n) is 13.8. The van der Waals surface area contributed by atoms with Crippen LogP contribution < -0.4 is 5.73 Å². The summed E-state index contributed by atoms with van der Waals surface area (Å²) >= 11 is 0. The lowest BCUT2D eigenvalue weighted by Gasteiger charge is -2.52. The molecule has 0 saturated heterocycles. The molecule has 0 aliphatic heterocycles. The molecule has 0 aromatic rings. The third-order valence-electron chi connectivity index (χ3n) is 7.26. The summed E-state index contributed by atoms with van der Waals surface area (Å²) < 4.78 is 0. The Balaban J connectivity index is 1.70. The van der Waals surface area contributed by atoms with E-state index in [4.69, 9.17) is 5.73 Å². The molecule has 4 rings (SSSR count). The predicted octanol–water partition coefficient (Wildman–Crippen LogP) is 4.77. The van der Waals surface area contributed by atoms with Gasteiger partial charge in [-0.15, -0.1) is 6.58 Å². The molecule has 0 aromatic carbocycles. The first-order valence-electron chi connectivity index (χ1n) is 9.10. The summed E-state index contributed by atoms with van der Waals surface area (Å²) in [7, 11) is 0. The van der Waals surface area contributed by atoms with Gasteiger partial charge in [-0.1, -0.05) is 43.7 Å². The van der Waals surface area contributed by atoms with Crippen LogP contribution in [0.25, 0.3) is 0 Å².